The Bertz CT molecular complexity index is 151. The molecule has 1 nitrogen and oxygen atoms in total. The Morgan fingerprint density at radius 2 is 1.64 bits per heavy atom. The van der Waals surface area contributed by atoms with Crippen molar-refractivity contribution < 1.29 is 0 Å². The van der Waals surface area contributed by atoms with Gasteiger partial charge < -0.3 is 5.32 Å². The molecule has 14 heavy (non-hydrogen) atoms. The topological polar surface area (TPSA) is 12.0 Å². The second kappa shape index (κ2) is 5.75. The quantitative estimate of drug-likeness (QED) is 0.688. The van der Waals surface area contributed by atoms with Gasteiger partial charge in [-0.05, 0) is 37.6 Å². The van der Waals surface area contributed by atoms with Gasteiger partial charge in [-0.25, -0.2) is 0 Å². The molecule has 0 aromatic rings. The van der Waals surface area contributed by atoms with Crippen LogP contribution in [-0.4, -0.2) is 13.1 Å². The third kappa shape index (κ3) is 4.00. The lowest BCUT2D eigenvalue weighted by atomic mass is 9.70. The number of hydrogen-bond acceptors (Lipinski definition) is 1. The van der Waals surface area contributed by atoms with Crippen molar-refractivity contribution >= 4 is 0 Å². The van der Waals surface area contributed by atoms with Crippen LogP contribution < -0.4 is 5.32 Å². The molecule has 0 saturated carbocycles. The fourth-order valence-electron chi connectivity index (χ4n) is 1.97. The summed E-state index contributed by atoms with van der Waals surface area (Å²) in [7, 11) is 2.05. The standard InChI is InChI=1S/C13H29N/c1-8-13(5,6)12(4)10(2)9-11(3)14-7/h10-12,14H,8-9H2,1-7H3. The van der Waals surface area contributed by atoms with Gasteiger partial charge in [0, 0.05) is 6.04 Å². The molecule has 0 aliphatic carbocycles. The molecule has 0 spiro atoms. The molecule has 1 N–H and O–H groups in total. The van der Waals surface area contributed by atoms with Crippen molar-refractivity contribution in [3.63, 3.8) is 0 Å². The zero-order valence-corrected chi connectivity index (χ0v) is 11.1. The van der Waals surface area contributed by atoms with Gasteiger partial charge in [-0.1, -0.05) is 41.0 Å². The van der Waals surface area contributed by atoms with Crippen molar-refractivity contribution in [3.8, 4) is 0 Å². The van der Waals surface area contributed by atoms with Crippen LogP contribution in [0.25, 0.3) is 0 Å². The van der Waals surface area contributed by atoms with E-state index in [4.69, 9.17) is 0 Å². The van der Waals surface area contributed by atoms with Gasteiger partial charge in [-0.3, -0.25) is 0 Å². The minimum absolute atomic E-state index is 0.479. The Hall–Kier alpha value is -0.0400. The molecule has 0 aliphatic rings. The van der Waals surface area contributed by atoms with E-state index < -0.39 is 0 Å². The van der Waals surface area contributed by atoms with Crippen molar-refractivity contribution in [2.45, 2.75) is 60.4 Å². The van der Waals surface area contributed by atoms with Crippen molar-refractivity contribution in [2.75, 3.05) is 7.05 Å². The highest BCUT2D eigenvalue weighted by atomic mass is 14.8. The maximum absolute atomic E-state index is 3.32. The van der Waals surface area contributed by atoms with Crippen LogP contribution >= 0.6 is 0 Å². The lowest BCUT2D eigenvalue weighted by Crippen LogP contribution is -2.31. The van der Waals surface area contributed by atoms with E-state index in [0.29, 0.717) is 11.5 Å². The summed E-state index contributed by atoms with van der Waals surface area (Å²) in [5.41, 5.74) is 0.479. The lowest BCUT2D eigenvalue weighted by Gasteiger charge is -2.36. The van der Waals surface area contributed by atoms with Gasteiger partial charge in [0.05, 0.1) is 0 Å². The molecule has 0 radical (unpaired) electrons. The van der Waals surface area contributed by atoms with Gasteiger partial charge in [0.15, 0.2) is 0 Å². The fraction of sp³-hybridized carbons (Fsp3) is 1.00. The summed E-state index contributed by atoms with van der Waals surface area (Å²) in [6.07, 6.45) is 2.55. The fourth-order valence-corrected chi connectivity index (χ4v) is 1.97. The Balaban J connectivity index is 4.17. The van der Waals surface area contributed by atoms with Gasteiger partial charge in [-0.2, -0.15) is 0 Å². The number of rotatable bonds is 6. The second-order valence-corrected chi connectivity index (χ2v) is 5.53. The van der Waals surface area contributed by atoms with Gasteiger partial charge in [0.2, 0.25) is 0 Å². The lowest BCUT2D eigenvalue weighted by molar-refractivity contribution is 0.146. The molecule has 0 heterocycles. The third-order valence-electron chi connectivity index (χ3n) is 4.22. The molecule has 1 heteroatoms. The SMILES string of the molecule is CCC(C)(C)C(C)C(C)CC(C)NC. The Morgan fingerprint density at radius 1 is 1.14 bits per heavy atom. The average Bonchev–Trinajstić information content (AvgIpc) is 2.16. The van der Waals surface area contributed by atoms with E-state index in [9.17, 15) is 0 Å². The van der Waals surface area contributed by atoms with E-state index in [-0.39, 0.29) is 0 Å². The summed E-state index contributed by atoms with van der Waals surface area (Å²) in [4.78, 5) is 0. The smallest absolute Gasteiger partial charge is 0.00383 e. The van der Waals surface area contributed by atoms with Crippen molar-refractivity contribution in [1.29, 1.82) is 0 Å². The van der Waals surface area contributed by atoms with Gasteiger partial charge in [0.1, 0.15) is 0 Å². The second-order valence-electron chi connectivity index (χ2n) is 5.53. The first kappa shape index (κ1) is 14.0. The summed E-state index contributed by atoms with van der Waals surface area (Å²) >= 11 is 0. The molecule has 86 valence electrons. The summed E-state index contributed by atoms with van der Waals surface area (Å²) in [5, 5.41) is 3.32. The van der Waals surface area contributed by atoms with Crippen LogP contribution in [-0.2, 0) is 0 Å². The van der Waals surface area contributed by atoms with Gasteiger partial charge in [0.25, 0.3) is 0 Å². The third-order valence-corrected chi connectivity index (χ3v) is 4.22. The molecular weight excluding hydrogens is 170 g/mol. The Morgan fingerprint density at radius 3 is 2.00 bits per heavy atom. The van der Waals surface area contributed by atoms with E-state index in [1.807, 2.05) is 7.05 Å². The van der Waals surface area contributed by atoms with Crippen molar-refractivity contribution in [3.05, 3.63) is 0 Å². The van der Waals surface area contributed by atoms with Crippen LogP contribution in [0.2, 0.25) is 0 Å². The monoisotopic (exact) mass is 199 g/mol. The average molecular weight is 199 g/mol. The first-order chi connectivity index (χ1) is 6.35. The molecule has 0 rings (SSSR count). The van der Waals surface area contributed by atoms with Crippen LogP contribution in [0.3, 0.4) is 0 Å². The van der Waals surface area contributed by atoms with Gasteiger partial charge in [-0.15, -0.1) is 0 Å². The van der Waals surface area contributed by atoms with Crippen molar-refractivity contribution in [2.24, 2.45) is 17.3 Å². The normalized spacial score (nSPS) is 19.1. The van der Waals surface area contributed by atoms with E-state index in [0.717, 1.165) is 11.8 Å². The number of nitrogens with one attached hydrogen (secondary N) is 1. The molecule has 3 unspecified atom stereocenters. The minimum atomic E-state index is 0.479. The van der Waals surface area contributed by atoms with E-state index >= 15 is 0 Å². The predicted molar refractivity (Wildman–Crippen MR) is 65.5 cm³/mol. The molecule has 0 aromatic carbocycles. The summed E-state index contributed by atoms with van der Waals surface area (Å²) in [6, 6.07) is 0.639. The molecule has 0 amide bonds. The molecule has 0 bridgehead atoms. The first-order valence-corrected chi connectivity index (χ1v) is 6.02. The molecule has 0 aromatic heterocycles. The summed E-state index contributed by atoms with van der Waals surface area (Å²) < 4.78 is 0. The minimum Gasteiger partial charge on any atom is -0.317 e. The first-order valence-electron chi connectivity index (χ1n) is 6.02. The Labute approximate surface area is 90.7 Å². The Kier molecular flexibility index (Phi) is 5.73. The van der Waals surface area contributed by atoms with Crippen LogP contribution in [0.15, 0.2) is 0 Å². The maximum atomic E-state index is 3.32. The van der Waals surface area contributed by atoms with Crippen LogP contribution in [0.1, 0.15) is 54.4 Å². The molecule has 0 fully saturated rings. The van der Waals surface area contributed by atoms with Crippen LogP contribution in [0.5, 0.6) is 0 Å². The van der Waals surface area contributed by atoms with E-state index in [1.54, 1.807) is 0 Å². The molecular formula is C13H29N. The van der Waals surface area contributed by atoms with Crippen molar-refractivity contribution in [1.82, 2.24) is 5.32 Å². The summed E-state index contributed by atoms with van der Waals surface area (Å²) in [5.74, 6) is 1.59. The number of hydrogen-bond donors (Lipinski definition) is 1. The molecule has 0 saturated heterocycles. The zero-order valence-electron chi connectivity index (χ0n) is 11.1. The van der Waals surface area contributed by atoms with Crippen LogP contribution in [0, 0.1) is 17.3 Å². The highest BCUT2D eigenvalue weighted by Crippen LogP contribution is 2.36. The summed E-state index contributed by atoms with van der Waals surface area (Å²) in [6.45, 7) is 14.1. The molecule has 3 atom stereocenters. The van der Waals surface area contributed by atoms with E-state index in [1.165, 1.54) is 12.8 Å². The highest BCUT2D eigenvalue weighted by molar-refractivity contribution is 4.79. The molecule has 0 aliphatic heterocycles. The zero-order chi connectivity index (χ0) is 11.4. The van der Waals surface area contributed by atoms with Crippen LogP contribution in [0.4, 0.5) is 0 Å². The van der Waals surface area contributed by atoms with E-state index in [2.05, 4.69) is 46.9 Å². The predicted octanol–water partition coefficient (Wildman–Crippen LogP) is 3.69. The van der Waals surface area contributed by atoms with Gasteiger partial charge >= 0.3 is 0 Å². The largest absolute Gasteiger partial charge is 0.317 e. The maximum Gasteiger partial charge on any atom is 0.00383 e. The highest BCUT2D eigenvalue weighted by Gasteiger charge is 2.28.